The number of rotatable bonds is 11. The van der Waals surface area contributed by atoms with Gasteiger partial charge in [0.25, 0.3) is 0 Å². The first-order valence-corrected chi connectivity index (χ1v) is 13.6. The third-order valence-electron chi connectivity index (χ3n) is 4.33. The highest BCUT2D eigenvalue weighted by atomic mass is 35.5. The van der Waals surface area contributed by atoms with E-state index < -0.39 is 25.7 Å². The van der Waals surface area contributed by atoms with Crippen LogP contribution in [0.2, 0.25) is 5.28 Å². The fraction of sp³-hybridized carbons (Fsp3) is 0.167. The van der Waals surface area contributed by atoms with Crippen LogP contribution in [0.5, 0.6) is 0 Å². The summed E-state index contributed by atoms with van der Waals surface area (Å²) in [5.74, 6) is 0.163. The van der Waals surface area contributed by atoms with Gasteiger partial charge < -0.3 is 10.6 Å². The van der Waals surface area contributed by atoms with Gasteiger partial charge in [-0.25, -0.2) is 17.9 Å². The zero-order valence-corrected chi connectivity index (χ0v) is 21.5. The van der Waals surface area contributed by atoms with E-state index in [0.29, 0.717) is 16.3 Å². The smallest absolute Gasteiger partial charge is 0.324 e. The van der Waals surface area contributed by atoms with Gasteiger partial charge in [0.15, 0.2) is 5.44 Å². The molecule has 14 nitrogen and oxygen atoms in total. The lowest BCUT2D eigenvalue weighted by Crippen LogP contribution is -2.24. The molecular formula is C18H18ClN5O9S3. The molecule has 18 heteroatoms. The van der Waals surface area contributed by atoms with Crippen LogP contribution in [0.1, 0.15) is 12.5 Å². The van der Waals surface area contributed by atoms with Gasteiger partial charge in [0.2, 0.25) is 27.0 Å². The Morgan fingerprint density at radius 3 is 2.11 bits per heavy atom. The van der Waals surface area contributed by atoms with E-state index in [4.69, 9.17) is 21.4 Å². The van der Waals surface area contributed by atoms with Crippen LogP contribution in [0.25, 0.3) is 0 Å². The van der Waals surface area contributed by atoms with E-state index >= 15 is 0 Å². The first-order chi connectivity index (χ1) is 16.9. The van der Waals surface area contributed by atoms with Crippen molar-refractivity contribution in [3.8, 4) is 0 Å². The summed E-state index contributed by atoms with van der Waals surface area (Å²) in [6, 6.07) is 10.4. The van der Waals surface area contributed by atoms with Crippen LogP contribution < -0.4 is 10.6 Å². The zero-order valence-electron chi connectivity index (χ0n) is 18.3. The Kier molecular flexibility index (Phi) is 9.03. The monoisotopic (exact) mass is 579 g/mol. The maximum atomic E-state index is 12.4. The van der Waals surface area contributed by atoms with Gasteiger partial charge in [0, 0.05) is 16.3 Å². The Morgan fingerprint density at radius 2 is 1.56 bits per heavy atom. The number of benzene rings is 2. The lowest BCUT2D eigenvalue weighted by Gasteiger charge is -2.12. The van der Waals surface area contributed by atoms with Gasteiger partial charge >= 0.3 is 10.4 Å². The van der Waals surface area contributed by atoms with E-state index in [9.17, 15) is 16.8 Å². The Bertz CT molecular complexity index is 1440. The molecule has 2 aromatic carbocycles. The first kappa shape index (κ1) is 28.0. The summed E-state index contributed by atoms with van der Waals surface area (Å²) in [4.78, 5) is 12.7. The molecular weight excluding hydrogens is 562 g/mol. The van der Waals surface area contributed by atoms with Crippen LogP contribution in [-0.4, -0.2) is 47.0 Å². The van der Waals surface area contributed by atoms with E-state index in [0.717, 1.165) is 24.5 Å². The summed E-state index contributed by atoms with van der Waals surface area (Å²) in [5, 5.41) is 17.6. The number of halogens is 1. The van der Waals surface area contributed by atoms with Crippen molar-refractivity contribution in [2.75, 3.05) is 10.6 Å². The molecule has 0 aliphatic rings. The maximum absolute atomic E-state index is 12.4. The van der Waals surface area contributed by atoms with Crippen LogP contribution in [0, 0.1) is 6.92 Å². The standard InChI is InChI=1S/C18H18ClN5O9S3/c1-10-9-13(5-8-15(10)34-33-32-25)21-18-23-16(19)22-17(24-18)20-12-3-6-14(7-4-12)35(26,27)11(2)31-36(28,29)30/h3-9,11,25H,1-2H3,(H,28,29,30)(H2,20,21,22,23,24). The number of nitrogens with zero attached hydrogens (tertiary/aromatic N) is 3. The molecule has 0 radical (unpaired) electrons. The molecule has 194 valence electrons. The lowest BCUT2D eigenvalue weighted by atomic mass is 10.2. The SMILES string of the molecule is Cc1cc(Nc2nc(Cl)nc(Nc3ccc(S(=O)(=O)C(C)OS(=O)(=O)O)cc3)n2)ccc1SOOO. The van der Waals surface area contributed by atoms with Crippen LogP contribution in [0.3, 0.4) is 0 Å². The largest absolute Gasteiger partial charge is 0.398 e. The normalized spacial score (nSPS) is 12.8. The van der Waals surface area contributed by atoms with E-state index in [-0.39, 0.29) is 22.1 Å². The molecule has 1 heterocycles. The molecule has 0 bridgehead atoms. The van der Waals surface area contributed by atoms with Crippen molar-refractivity contribution in [3.05, 3.63) is 53.3 Å². The van der Waals surface area contributed by atoms with Crippen molar-refractivity contribution >= 4 is 67.2 Å². The maximum Gasteiger partial charge on any atom is 0.398 e. The van der Waals surface area contributed by atoms with Crippen molar-refractivity contribution in [2.24, 2.45) is 0 Å². The van der Waals surface area contributed by atoms with Gasteiger partial charge in [0.05, 0.1) is 16.9 Å². The topological polar surface area (TPSA) is 199 Å². The minimum absolute atomic E-state index is 0.0496. The van der Waals surface area contributed by atoms with Crippen molar-refractivity contribution < 1.29 is 40.2 Å². The molecule has 4 N–H and O–H groups in total. The summed E-state index contributed by atoms with van der Waals surface area (Å²) in [5.41, 5.74) is -0.0411. The third-order valence-corrected chi connectivity index (χ3v) is 7.82. The summed E-state index contributed by atoms with van der Waals surface area (Å²) in [7, 11) is -9.17. The van der Waals surface area contributed by atoms with Crippen LogP contribution in [0.4, 0.5) is 23.3 Å². The van der Waals surface area contributed by atoms with Gasteiger partial charge in [-0.05, 0) is 73.5 Å². The fourth-order valence-corrected chi connectivity index (χ4v) is 5.27. The molecule has 0 aliphatic heterocycles. The van der Waals surface area contributed by atoms with E-state index in [2.05, 4.69) is 39.1 Å². The number of aromatic nitrogens is 3. The Morgan fingerprint density at radius 1 is 0.972 bits per heavy atom. The lowest BCUT2D eigenvalue weighted by molar-refractivity contribution is -0.432. The second-order valence-electron chi connectivity index (χ2n) is 6.87. The van der Waals surface area contributed by atoms with Crippen molar-refractivity contribution in [1.29, 1.82) is 0 Å². The fourth-order valence-electron chi connectivity index (χ4n) is 2.74. The molecule has 3 rings (SSSR count). The van der Waals surface area contributed by atoms with Crippen LogP contribution >= 0.6 is 23.6 Å². The Balaban J connectivity index is 1.74. The van der Waals surface area contributed by atoms with E-state index in [1.807, 2.05) is 0 Å². The molecule has 0 fully saturated rings. The van der Waals surface area contributed by atoms with Crippen molar-refractivity contribution in [3.63, 3.8) is 0 Å². The quantitative estimate of drug-likeness (QED) is 0.111. The van der Waals surface area contributed by atoms with E-state index in [1.165, 1.54) is 24.3 Å². The number of anilines is 4. The summed E-state index contributed by atoms with van der Waals surface area (Å²) < 4.78 is 63.8. The summed E-state index contributed by atoms with van der Waals surface area (Å²) in [6.07, 6.45) is 0. The van der Waals surface area contributed by atoms with Crippen molar-refractivity contribution in [1.82, 2.24) is 15.0 Å². The molecule has 1 atom stereocenters. The minimum Gasteiger partial charge on any atom is -0.324 e. The molecule has 1 unspecified atom stereocenters. The molecule has 0 amide bonds. The molecule has 0 spiro atoms. The second kappa shape index (κ2) is 11.6. The molecule has 36 heavy (non-hydrogen) atoms. The molecule has 0 aliphatic carbocycles. The highest BCUT2D eigenvalue weighted by Crippen LogP contribution is 2.27. The summed E-state index contributed by atoms with van der Waals surface area (Å²) >= 11 is 6.83. The number of hydrogen-bond acceptors (Lipinski definition) is 14. The number of nitrogens with one attached hydrogen (secondary N) is 2. The number of aryl methyl sites for hydroxylation is 1. The van der Waals surface area contributed by atoms with Crippen LogP contribution in [-0.2, 0) is 33.8 Å². The summed E-state index contributed by atoms with van der Waals surface area (Å²) in [6.45, 7) is 2.78. The molecule has 0 saturated carbocycles. The molecule has 0 saturated heterocycles. The minimum atomic E-state index is -4.96. The van der Waals surface area contributed by atoms with Gasteiger partial charge in [-0.2, -0.15) is 23.4 Å². The Labute approximate surface area is 214 Å². The predicted octanol–water partition coefficient (Wildman–Crippen LogP) is 3.69. The average Bonchev–Trinajstić information content (AvgIpc) is 2.77. The third kappa shape index (κ3) is 7.69. The highest BCUT2D eigenvalue weighted by Gasteiger charge is 2.28. The first-order valence-electron chi connectivity index (χ1n) is 9.58. The molecule has 1 aromatic heterocycles. The predicted molar refractivity (Wildman–Crippen MR) is 129 cm³/mol. The van der Waals surface area contributed by atoms with Gasteiger partial charge in [-0.3, -0.25) is 4.55 Å². The van der Waals surface area contributed by atoms with E-state index in [1.54, 1.807) is 25.1 Å². The zero-order chi connectivity index (χ0) is 26.5. The van der Waals surface area contributed by atoms with Gasteiger partial charge in [-0.1, -0.05) is 5.04 Å². The average molecular weight is 580 g/mol. The number of sulfone groups is 1. The van der Waals surface area contributed by atoms with Gasteiger partial charge in [-0.15, -0.1) is 4.33 Å². The van der Waals surface area contributed by atoms with Crippen LogP contribution in [0.15, 0.2) is 52.3 Å². The molecule has 3 aromatic rings. The van der Waals surface area contributed by atoms with Crippen molar-refractivity contribution in [2.45, 2.75) is 29.1 Å². The Hall–Kier alpha value is -2.61. The van der Waals surface area contributed by atoms with Gasteiger partial charge in [0.1, 0.15) is 0 Å². The number of hydrogen-bond donors (Lipinski definition) is 4. The second-order valence-corrected chi connectivity index (χ2v) is 11.2. The highest BCUT2D eigenvalue weighted by molar-refractivity contribution is 7.94.